The third-order valence-electron chi connectivity index (χ3n) is 9.44. The SMILES string of the molecule is Cn1c(=O)n(-c2ccc(C#Cc3ccccc3)cc2Cl)c(=O)c2sc(N3CCOCC3)nc21.Cn1c(=O)n(-c2ccc(C#Cc3ccccc3)cc2Cl)c(=O)c2scnc21. The van der Waals surface area contributed by atoms with Gasteiger partial charge in [-0.2, -0.15) is 0 Å². The highest BCUT2D eigenvalue weighted by Crippen LogP contribution is 2.28. The largest absolute Gasteiger partial charge is 0.378 e. The van der Waals surface area contributed by atoms with E-state index in [0.29, 0.717) is 74.6 Å². The zero-order chi connectivity index (χ0) is 41.9. The first-order valence-corrected chi connectivity index (χ1v) is 20.8. The molecule has 9 rings (SSSR count). The fraction of sp³-hybridized carbons (Fsp3) is 0.136. The minimum Gasteiger partial charge on any atom is -0.378 e. The van der Waals surface area contributed by atoms with Gasteiger partial charge in [0.25, 0.3) is 11.1 Å². The normalized spacial score (nSPS) is 12.3. The Morgan fingerprint density at radius 3 is 1.62 bits per heavy atom. The van der Waals surface area contributed by atoms with E-state index in [2.05, 4.69) is 38.5 Å². The molecule has 0 spiro atoms. The van der Waals surface area contributed by atoms with E-state index in [-0.39, 0.29) is 10.0 Å². The molecule has 1 aliphatic heterocycles. The number of rotatable bonds is 3. The predicted octanol–water partition coefficient (Wildman–Crippen LogP) is 6.23. The maximum Gasteiger partial charge on any atom is 0.337 e. The van der Waals surface area contributed by atoms with Crippen LogP contribution >= 0.6 is 45.9 Å². The van der Waals surface area contributed by atoms with Crippen molar-refractivity contribution in [1.29, 1.82) is 0 Å². The zero-order valence-electron chi connectivity index (χ0n) is 31.9. The number of fused-ring (bicyclic) bond motifs is 2. The van der Waals surface area contributed by atoms with E-state index in [1.807, 2.05) is 60.7 Å². The number of aryl methyl sites for hydroxylation is 2. The molecule has 0 unspecified atom stereocenters. The molecule has 12 nitrogen and oxygen atoms in total. The van der Waals surface area contributed by atoms with E-state index in [1.54, 1.807) is 56.0 Å². The van der Waals surface area contributed by atoms with Crippen LogP contribution < -0.4 is 27.4 Å². The molecule has 0 N–H and O–H groups in total. The number of morpholine rings is 1. The quantitative estimate of drug-likeness (QED) is 0.191. The second kappa shape index (κ2) is 17.4. The van der Waals surface area contributed by atoms with Crippen LogP contribution in [0.25, 0.3) is 32.1 Å². The molecule has 0 radical (unpaired) electrons. The molecular formula is C44H31Cl2N7O5S2. The van der Waals surface area contributed by atoms with Gasteiger partial charge in [0.05, 0.1) is 40.1 Å². The summed E-state index contributed by atoms with van der Waals surface area (Å²) in [7, 11) is 3.19. The topological polar surface area (TPSA) is 126 Å². The van der Waals surface area contributed by atoms with E-state index >= 15 is 0 Å². The molecule has 1 fully saturated rings. The maximum absolute atomic E-state index is 13.3. The van der Waals surface area contributed by atoms with E-state index in [9.17, 15) is 19.2 Å². The monoisotopic (exact) mass is 871 g/mol. The summed E-state index contributed by atoms with van der Waals surface area (Å²) in [6.07, 6.45) is 0. The summed E-state index contributed by atoms with van der Waals surface area (Å²) in [6.45, 7) is 2.60. The lowest BCUT2D eigenvalue weighted by Gasteiger charge is -2.25. The van der Waals surface area contributed by atoms with Crippen molar-refractivity contribution in [1.82, 2.24) is 28.2 Å². The number of benzene rings is 4. The van der Waals surface area contributed by atoms with Crippen LogP contribution in [0.15, 0.2) is 122 Å². The first kappa shape index (κ1) is 40.3. The van der Waals surface area contributed by atoms with Gasteiger partial charge in [-0.05, 0) is 60.7 Å². The van der Waals surface area contributed by atoms with Crippen LogP contribution in [0.4, 0.5) is 5.13 Å². The van der Waals surface area contributed by atoms with Crippen LogP contribution in [0.2, 0.25) is 10.0 Å². The fourth-order valence-corrected chi connectivity index (χ4v) is 8.68. The summed E-state index contributed by atoms with van der Waals surface area (Å²) in [5, 5.41) is 1.25. The molecule has 60 heavy (non-hydrogen) atoms. The lowest BCUT2D eigenvalue weighted by molar-refractivity contribution is 0.122. The highest BCUT2D eigenvalue weighted by molar-refractivity contribution is 7.22. The molecule has 5 heterocycles. The predicted molar refractivity (Wildman–Crippen MR) is 239 cm³/mol. The Kier molecular flexibility index (Phi) is 11.7. The van der Waals surface area contributed by atoms with Gasteiger partial charge in [-0.15, -0.1) is 11.3 Å². The van der Waals surface area contributed by atoms with Crippen LogP contribution in [-0.2, 0) is 18.8 Å². The Hall–Kier alpha value is -6.52. The molecule has 16 heteroatoms. The Bertz CT molecular complexity index is 3310. The van der Waals surface area contributed by atoms with Gasteiger partial charge in [-0.3, -0.25) is 18.7 Å². The van der Waals surface area contributed by atoms with Gasteiger partial charge >= 0.3 is 11.4 Å². The van der Waals surface area contributed by atoms with E-state index in [4.69, 9.17) is 27.9 Å². The van der Waals surface area contributed by atoms with Gasteiger partial charge in [0, 0.05) is 49.4 Å². The molecule has 0 atom stereocenters. The van der Waals surface area contributed by atoms with Crippen molar-refractivity contribution in [3.8, 4) is 35.1 Å². The molecule has 4 aromatic heterocycles. The third-order valence-corrected chi connectivity index (χ3v) is 11.9. The van der Waals surface area contributed by atoms with E-state index in [1.165, 1.54) is 31.8 Å². The fourth-order valence-electron chi connectivity index (χ4n) is 6.33. The highest BCUT2D eigenvalue weighted by Gasteiger charge is 2.22. The van der Waals surface area contributed by atoms with Crippen molar-refractivity contribution in [2.45, 2.75) is 0 Å². The van der Waals surface area contributed by atoms with Gasteiger partial charge in [0.15, 0.2) is 16.4 Å². The zero-order valence-corrected chi connectivity index (χ0v) is 35.0. The van der Waals surface area contributed by atoms with Crippen molar-refractivity contribution in [3.05, 3.63) is 177 Å². The van der Waals surface area contributed by atoms with Gasteiger partial charge in [-0.25, -0.2) is 28.7 Å². The van der Waals surface area contributed by atoms with E-state index in [0.717, 1.165) is 20.3 Å². The average molecular weight is 873 g/mol. The molecular weight excluding hydrogens is 842 g/mol. The number of aromatic nitrogens is 6. The Balaban J connectivity index is 0.000000170. The smallest absolute Gasteiger partial charge is 0.337 e. The van der Waals surface area contributed by atoms with Crippen molar-refractivity contribution in [2.24, 2.45) is 14.1 Å². The maximum atomic E-state index is 13.3. The molecule has 0 saturated carbocycles. The number of hydrogen-bond donors (Lipinski definition) is 0. The summed E-state index contributed by atoms with van der Waals surface area (Å²) in [4.78, 5) is 62.6. The Morgan fingerprint density at radius 2 is 1.10 bits per heavy atom. The molecule has 1 aliphatic rings. The molecule has 1 saturated heterocycles. The first-order valence-electron chi connectivity index (χ1n) is 18.3. The van der Waals surface area contributed by atoms with Crippen LogP contribution in [0.1, 0.15) is 22.3 Å². The molecule has 0 bridgehead atoms. The number of nitrogens with zero attached hydrogens (tertiary/aromatic N) is 7. The lowest BCUT2D eigenvalue weighted by atomic mass is 10.1. The van der Waals surface area contributed by atoms with Crippen LogP contribution in [0.5, 0.6) is 0 Å². The Morgan fingerprint density at radius 1 is 0.617 bits per heavy atom. The van der Waals surface area contributed by atoms with Crippen molar-refractivity contribution >= 4 is 71.7 Å². The average Bonchev–Trinajstić information content (AvgIpc) is 3.96. The van der Waals surface area contributed by atoms with Gasteiger partial charge in [0.1, 0.15) is 9.40 Å². The van der Waals surface area contributed by atoms with Gasteiger partial charge in [0.2, 0.25) is 0 Å². The first-order chi connectivity index (χ1) is 29.1. The Labute approximate surface area is 359 Å². The number of thiazole rings is 2. The number of hydrogen-bond acceptors (Lipinski definition) is 10. The molecule has 4 aromatic carbocycles. The van der Waals surface area contributed by atoms with Gasteiger partial charge in [-0.1, -0.05) is 94.6 Å². The summed E-state index contributed by atoms with van der Waals surface area (Å²) in [5.74, 6) is 12.2. The molecule has 8 aromatic rings. The van der Waals surface area contributed by atoms with Gasteiger partial charge < -0.3 is 9.64 Å². The second-order valence-corrected chi connectivity index (χ2v) is 15.9. The number of halogens is 2. The number of ether oxygens (including phenoxy) is 1. The van der Waals surface area contributed by atoms with Crippen LogP contribution in [0, 0.1) is 23.7 Å². The van der Waals surface area contributed by atoms with Crippen molar-refractivity contribution in [2.75, 3.05) is 31.2 Å². The summed E-state index contributed by atoms with van der Waals surface area (Å²) < 4.78 is 11.1. The van der Waals surface area contributed by atoms with Crippen molar-refractivity contribution in [3.63, 3.8) is 0 Å². The van der Waals surface area contributed by atoms with E-state index < -0.39 is 22.5 Å². The lowest BCUT2D eigenvalue weighted by Crippen LogP contribution is -2.37. The van der Waals surface area contributed by atoms with Crippen LogP contribution in [-0.4, -0.2) is 54.5 Å². The minimum atomic E-state index is -0.503. The minimum absolute atomic E-state index is 0.270. The van der Waals surface area contributed by atoms with Crippen molar-refractivity contribution < 1.29 is 4.74 Å². The summed E-state index contributed by atoms with van der Waals surface area (Å²) in [5.41, 5.74) is 4.20. The standard InChI is InChI=1S/C24H19ClN4O3S.C20H12ClN3O2S/c1-27-21-20(33-23(26-21)28-11-13-32-14-12-28)22(30)29(24(27)31)19-10-9-17(15-18(19)25)8-7-16-5-3-2-4-6-16;1-23-18-17(27-12-22-18)19(25)24(20(23)26)16-10-9-14(11-15(16)21)8-7-13-5-3-2-4-6-13/h2-6,9-10,15H,11-14H2,1H3;2-6,9-12H,1H3. The molecule has 0 amide bonds. The summed E-state index contributed by atoms with van der Waals surface area (Å²) >= 11 is 15.4. The third kappa shape index (κ3) is 8.07. The second-order valence-electron chi connectivity index (χ2n) is 13.3. The highest BCUT2D eigenvalue weighted by atomic mass is 35.5. The number of anilines is 1. The molecule has 0 aliphatic carbocycles. The van der Waals surface area contributed by atoms with Crippen LogP contribution in [0.3, 0.4) is 0 Å². The summed E-state index contributed by atoms with van der Waals surface area (Å²) in [6, 6.07) is 29.3. The molecule has 298 valence electrons.